The van der Waals surface area contributed by atoms with Crippen molar-refractivity contribution in [2.45, 2.75) is 32.9 Å². The highest BCUT2D eigenvalue weighted by atomic mass is 32.1. The van der Waals surface area contributed by atoms with Gasteiger partial charge >= 0.3 is 0 Å². The molecule has 1 atom stereocenters. The van der Waals surface area contributed by atoms with Crippen LogP contribution in [-0.4, -0.2) is 42.9 Å². The fourth-order valence-electron chi connectivity index (χ4n) is 1.86. The number of ether oxygens (including phenoxy) is 1. The molecule has 1 N–H and O–H groups in total. The monoisotopic (exact) mass is 281 g/mol. The van der Waals surface area contributed by atoms with Crippen LogP contribution >= 0.6 is 11.3 Å². The molecule has 1 rings (SSSR count). The van der Waals surface area contributed by atoms with E-state index in [0.29, 0.717) is 12.5 Å². The van der Waals surface area contributed by atoms with Crippen molar-refractivity contribution >= 4 is 11.3 Å². The molecule has 0 amide bonds. The Morgan fingerprint density at radius 2 is 2.26 bits per heavy atom. The van der Waals surface area contributed by atoms with E-state index in [4.69, 9.17) is 9.84 Å². The molecule has 0 fully saturated rings. The van der Waals surface area contributed by atoms with Gasteiger partial charge in [0, 0.05) is 31.0 Å². The van der Waals surface area contributed by atoms with Gasteiger partial charge in [0.15, 0.2) is 0 Å². The molecule has 0 saturated carbocycles. The van der Waals surface area contributed by atoms with Crippen LogP contribution in [0.3, 0.4) is 0 Å². The van der Waals surface area contributed by atoms with Crippen LogP contribution in [0.25, 0.3) is 0 Å². The summed E-state index contributed by atoms with van der Waals surface area (Å²) in [6.07, 6.45) is 0.541. The van der Waals surface area contributed by atoms with Crippen molar-refractivity contribution in [3.05, 3.63) is 21.9 Å². The molecule has 0 bridgehead atoms. The van der Waals surface area contributed by atoms with Crippen molar-refractivity contribution in [2.24, 2.45) is 0 Å². The molecule has 0 aliphatic carbocycles. The molecule has 1 heterocycles. The summed E-state index contributed by atoms with van der Waals surface area (Å²) in [6.45, 7) is 7.18. The number of likely N-dealkylation sites (N-methyl/N-ethyl adjacent to an activating group) is 1. The minimum Gasteiger partial charge on any atom is -0.395 e. The maximum Gasteiger partial charge on any atom is 0.0771 e. The average molecular weight is 281 g/mol. The minimum absolute atomic E-state index is 0.128. The van der Waals surface area contributed by atoms with Crippen LogP contribution in [0.5, 0.6) is 0 Å². The fraction of sp³-hybridized carbons (Fsp3) is 0.600. The molecule has 1 aromatic heterocycles. The Kier molecular flexibility index (Phi) is 7.76. The number of aliphatic hydroxyl groups excluding tert-OH is 1. The molecule has 3 nitrogen and oxygen atoms in total. The van der Waals surface area contributed by atoms with Crippen LogP contribution in [0.4, 0.5) is 0 Å². The average Bonchev–Trinajstić information content (AvgIpc) is 2.84. The molecule has 0 aliphatic rings. The quantitative estimate of drug-likeness (QED) is 0.779. The molecule has 0 saturated heterocycles. The van der Waals surface area contributed by atoms with Crippen molar-refractivity contribution in [1.82, 2.24) is 4.90 Å². The molecule has 4 heteroatoms. The van der Waals surface area contributed by atoms with Gasteiger partial charge < -0.3 is 9.84 Å². The number of thiophene rings is 1. The van der Waals surface area contributed by atoms with Crippen molar-refractivity contribution in [1.29, 1.82) is 0 Å². The van der Waals surface area contributed by atoms with E-state index in [2.05, 4.69) is 42.7 Å². The van der Waals surface area contributed by atoms with Crippen molar-refractivity contribution < 1.29 is 9.84 Å². The number of aliphatic hydroxyl groups is 1. The lowest BCUT2D eigenvalue weighted by Crippen LogP contribution is -2.35. The second kappa shape index (κ2) is 9.11. The summed E-state index contributed by atoms with van der Waals surface area (Å²) in [7, 11) is 1.74. The zero-order chi connectivity index (χ0) is 14.1. The Morgan fingerprint density at radius 1 is 1.47 bits per heavy atom. The van der Waals surface area contributed by atoms with E-state index in [0.717, 1.165) is 24.6 Å². The highest BCUT2D eigenvalue weighted by Gasteiger charge is 2.13. The maximum atomic E-state index is 8.69. The van der Waals surface area contributed by atoms with Gasteiger partial charge in [-0.2, -0.15) is 0 Å². The fourth-order valence-corrected chi connectivity index (χ4v) is 2.77. The lowest BCUT2D eigenvalue weighted by molar-refractivity contribution is 0.0988. The Bertz CT molecular complexity index is 419. The van der Waals surface area contributed by atoms with Crippen molar-refractivity contribution in [2.75, 3.05) is 26.9 Å². The van der Waals surface area contributed by atoms with Crippen LogP contribution in [0.1, 0.15) is 30.0 Å². The molecule has 0 aromatic carbocycles. The van der Waals surface area contributed by atoms with Gasteiger partial charge in [0.1, 0.15) is 0 Å². The van der Waals surface area contributed by atoms with E-state index in [1.54, 1.807) is 18.4 Å². The Labute approximate surface area is 120 Å². The first-order valence-electron chi connectivity index (χ1n) is 6.62. The summed E-state index contributed by atoms with van der Waals surface area (Å²) in [5.41, 5.74) is 0. The second-order valence-corrected chi connectivity index (χ2v) is 5.58. The zero-order valence-electron chi connectivity index (χ0n) is 12.0. The Balaban J connectivity index is 2.59. The topological polar surface area (TPSA) is 32.7 Å². The van der Waals surface area contributed by atoms with E-state index in [9.17, 15) is 0 Å². The van der Waals surface area contributed by atoms with Crippen LogP contribution in [0.2, 0.25) is 0 Å². The molecule has 1 unspecified atom stereocenters. The summed E-state index contributed by atoms with van der Waals surface area (Å²) < 4.78 is 5.21. The molecule has 0 spiro atoms. The molecule has 1 aromatic rings. The predicted octanol–water partition coefficient (Wildman–Crippen LogP) is 2.34. The summed E-state index contributed by atoms with van der Waals surface area (Å²) in [4.78, 5) is 4.78. The third kappa shape index (κ3) is 5.75. The largest absolute Gasteiger partial charge is 0.395 e. The normalized spacial score (nSPS) is 12.3. The highest BCUT2D eigenvalue weighted by Crippen LogP contribution is 2.18. The van der Waals surface area contributed by atoms with E-state index in [1.165, 1.54) is 4.88 Å². The van der Waals surface area contributed by atoms with Gasteiger partial charge in [0.05, 0.1) is 18.1 Å². The van der Waals surface area contributed by atoms with Gasteiger partial charge in [0.25, 0.3) is 0 Å². The van der Waals surface area contributed by atoms with Crippen molar-refractivity contribution in [3.8, 4) is 11.8 Å². The summed E-state index contributed by atoms with van der Waals surface area (Å²) in [5, 5.41) is 8.69. The van der Waals surface area contributed by atoms with Gasteiger partial charge in [0.2, 0.25) is 0 Å². The van der Waals surface area contributed by atoms with Crippen LogP contribution < -0.4 is 0 Å². The van der Waals surface area contributed by atoms with Gasteiger partial charge in [-0.1, -0.05) is 18.8 Å². The first-order valence-corrected chi connectivity index (χ1v) is 7.44. The number of nitrogens with zero attached hydrogens (tertiary/aromatic N) is 1. The van der Waals surface area contributed by atoms with E-state index in [1.807, 2.05) is 0 Å². The minimum atomic E-state index is 0.128. The molecule has 106 valence electrons. The Morgan fingerprint density at radius 3 is 2.89 bits per heavy atom. The molecular weight excluding hydrogens is 258 g/mol. The number of hydrogen-bond acceptors (Lipinski definition) is 4. The summed E-state index contributed by atoms with van der Waals surface area (Å²) in [6, 6.07) is 4.61. The standard InChI is InChI=1S/C15H23NO2S/c1-4-16(13(2)12-18-3)11-15-9-8-14(19-15)7-5-6-10-17/h8-9,13,17H,4,6,10-12H2,1-3H3. The zero-order valence-corrected chi connectivity index (χ0v) is 12.8. The van der Waals surface area contributed by atoms with Gasteiger partial charge in [-0.05, 0) is 25.6 Å². The smallest absolute Gasteiger partial charge is 0.0771 e. The lowest BCUT2D eigenvalue weighted by atomic mass is 10.3. The van der Waals surface area contributed by atoms with E-state index < -0.39 is 0 Å². The predicted molar refractivity (Wildman–Crippen MR) is 80.3 cm³/mol. The molecular formula is C15H23NO2S. The number of methoxy groups -OCH3 is 1. The third-order valence-electron chi connectivity index (χ3n) is 2.91. The number of rotatable bonds is 7. The molecule has 19 heavy (non-hydrogen) atoms. The SMILES string of the molecule is CCN(Cc1ccc(C#CCCO)s1)C(C)COC. The van der Waals surface area contributed by atoms with Gasteiger partial charge in [-0.25, -0.2) is 0 Å². The highest BCUT2D eigenvalue weighted by molar-refractivity contribution is 7.12. The second-order valence-electron chi connectivity index (χ2n) is 4.41. The van der Waals surface area contributed by atoms with Gasteiger partial charge in [-0.3, -0.25) is 4.90 Å². The van der Waals surface area contributed by atoms with Crippen LogP contribution in [0.15, 0.2) is 12.1 Å². The van der Waals surface area contributed by atoms with Crippen molar-refractivity contribution in [3.63, 3.8) is 0 Å². The van der Waals surface area contributed by atoms with Crippen LogP contribution in [0, 0.1) is 11.8 Å². The van der Waals surface area contributed by atoms with E-state index >= 15 is 0 Å². The van der Waals surface area contributed by atoms with Crippen LogP contribution in [-0.2, 0) is 11.3 Å². The number of hydrogen-bond donors (Lipinski definition) is 1. The first-order chi connectivity index (χ1) is 9.21. The maximum absolute atomic E-state index is 8.69. The Hall–Kier alpha value is -0.860. The lowest BCUT2D eigenvalue weighted by Gasteiger charge is -2.26. The molecule has 0 radical (unpaired) electrons. The first kappa shape index (κ1) is 16.2. The summed E-state index contributed by atoms with van der Waals surface area (Å²) in [5.74, 6) is 6.03. The van der Waals surface area contributed by atoms with E-state index in [-0.39, 0.29) is 6.61 Å². The summed E-state index contributed by atoms with van der Waals surface area (Å²) >= 11 is 1.72. The third-order valence-corrected chi connectivity index (χ3v) is 3.89. The van der Waals surface area contributed by atoms with Gasteiger partial charge in [-0.15, -0.1) is 11.3 Å². The molecule has 0 aliphatic heterocycles.